The first kappa shape index (κ1) is 21.1. The maximum Gasteiger partial charge on any atom is 0.261 e. The van der Waals surface area contributed by atoms with Crippen LogP contribution in [0.2, 0.25) is 4.34 Å². The molecule has 0 saturated carbocycles. The van der Waals surface area contributed by atoms with Crippen LogP contribution in [-0.4, -0.2) is 38.1 Å². The zero-order valence-electron chi connectivity index (χ0n) is 15.2. The van der Waals surface area contributed by atoms with E-state index in [0.29, 0.717) is 28.1 Å². The summed E-state index contributed by atoms with van der Waals surface area (Å²) in [5.41, 5.74) is 6.58. The summed E-state index contributed by atoms with van der Waals surface area (Å²) in [6.45, 7) is 0.728. The Morgan fingerprint density at radius 3 is 2.86 bits per heavy atom. The molecule has 3 rings (SSSR count). The second-order valence-corrected chi connectivity index (χ2v) is 7.85. The van der Waals surface area contributed by atoms with Gasteiger partial charge in [-0.15, -0.1) is 11.3 Å². The number of nitrogens with one attached hydrogen (secondary N) is 1. The van der Waals surface area contributed by atoms with Crippen molar-refractivity contribution in [1.29, 1.82) is 0 Å². The van der Waals surface area contributed by atoms with Crippen LogP contribution in [0.4, 0.5) is 15.8 Å². The highest BCUT2D eigenvalue weighted by atomic mass is 35.5. The average Bonchev–Trinajstić information content (AvgIpc) is 3.12. The highest BCUT2D eigenvalue weighted by molar-refractivity contribution is 7.18. The zero-order valence-corrected chi connectivity index (χ0v) is 16.8. The first-order valence-corrected chi connectivity index (χ1v) is 9.76. The molecule has 0 unspecified atom stereocenters. The van der Waals surface area contributed by atoms with Gasteiger partial charge in [0.1, 0.15) is 12.4 Å². The smallest absolute Gasteiger partial charge is 0.261 e. The predicted octanol–water partition coefficient (Wildman–Crippen LogP) is 1.81. The van der Waals surface area contributed by atoms with Crippen LogP contribution >= 0.6 is 22.9 Å². The van der Waals surface area contributed by atoms with Gasteiger partial charge < -0.3 is 20.7 Å². The van der Waals surface area contributed by atoms with Gasteiger partial charge in [0.15, 0.2) is 0 Å². The van der Waals surface area contributed by atoms with Gasteiger partial charge in [0.05, 0.1) is 28.1 Å². The Morgan fingerprint density at radius 1 is 1.41 bits per heavy atom. The maximum absolute atomic E-state index is 14.5. The second-order valence-electron chi connectivity index (χ2n) is 6.13. The lowest BCUT2D eigenvalue weighted by Gasteiger charge is -2.27. The summed E-state index contributed by atoms with van der Waals surface area (Å²) in [5.74, 6) is 4.70. The number of thiophene rings is 1. The van der Waals surface area contributed by atoms with E-state index in [2.05, 4.69) is 5.32 Å². The number of hydrogen-bond donors (Lipinski definition) is 3. The molecule has 2 amide bonds. The molecule has 0 bridgehead atoms. The molecule has 0 radical (unpaired) electrons. The number of hydrogen-bond acceptors (Lipinski definition) is 7. The minimum atomic E-state index is -0.620. The van der Waals surface area contributed by atoms with Crippen molar-refractivity contribution in [1.82, 2.24) is 5.32 Å². The van der Waals surface area contributed by atoms with E-state index in [1.165, 1.54) is 23.2 Å². The third kappa shape index (κ3) is 5.24. The molecular weight excluding hydrogens is 421 g/mol. The van der Waals surface area contributed by atoms with Crippen molar-refractivity contribution < 1.29 is 18.7 Å². The number of nitrogens with zero attached hydrogens (tertiary/aromatic N) is 2. The minimum absolute atomic E-state index is 0.0179. The van der Waals surface area contributed by atoms with Crippen LogP contribution in [0.25, 0.3) is 0 Å². The van der Waals surface area contributed by atoms with Gasteiger partial charge in [-0.05, 0) is 30.3 Å². The van der Waals surface area contributed by atoms with Gasteiger partial charge >= 0.3 is 0 Å². The molecule has 0 atom stereocenters. The number of rotatable bonds is 6. The fourth-order valence-electron chi connectivity index (χ4n) is 2.66. The lowest BCUT2D eigenvalue weighted by molar-refractivity contribution is -0.125. The van der Waals surface area contributed by atoms with Gasteiger partial charge in [0, 0.05) is 24.1 Å². The fourth-order valence-corrected chi connectivity index (χ4v) is 3.62. The van der Waals surface area contributed by atoms with Gasteiger partial charge in [-0.25, -0.2) is 10.2 Å². The number of carbonyl (C=O) groups is 2. The van der Waals surface area contributed by atoms with Crippen LogP contribution in [0.5, 0.6) is 0 Å². The Morgan fingerprint density at radius 2 is 2.21 bits per heavy atom. The Labute approximate surface area is 175 Å². The monoisotopic (exact) mass is 439 g/mol. The van der Waals surface area contributed by atoms with E-state index in [4.69, 9.17) is 27.9 Å². The molecule has 11 heteroatoms. The number of benzene rings is 1. The number of amides is 2. The second kappa shape index (κ2) is 9.23. The number of anilines is 2. The Bertz CT molecular complexity index is 951. The summed E-state index contributed by atoms with van der Waals surface area (Å²) >= 11 is 6.95. The predicted molar refractivity (Wildman–Crippen MR) is 110 cm³/mol. The van der Waals surface area contributed by atoms with Crippen molar-refractivity contribution in [3.8, 4) is 0 Å². The Balaban J connectivity index is 1.63. The molecular formula is C18H19ClFN5O3S. The molecule has 1 aromatic heterocycles. The van der Waals surface area contributed by atoms with Gasteiger partial charge in [-0.3, -0.25) is 14.6 Å². The summed E-state index contributed by atoms with van der Waals surface area (Å²) in [6, 6.07) is 7.49. The van der Waals surface area contributed by atoms with Crippen molar-refractivity contribution in [2.45, 2.75) is 0 Å². The number of hydrazine groups is 1. The molecule has 1 saturated heterocycles. The first-order chi connectivity index (χ1) is 13.8. The summed E-state index contributed by atoms with van der Waals surface area (Å²) in [7, 11) is 0. The summed E-state index contributed by atoms with van der Waals surface area (Å²) in [4.78, 5) is 25.8. The largest absolute Gasteiger partial charge is 0.399 e. The van der Waals surface area contributed by atoms with Crippen LogP contribution < -0.4 is 26.8 Å². The van der Waals surface area contributed by atoms with E-state index in [-0.39, 0.29) is 36.4 Å². The van der Waals surface area contributed by atoms with Gasteiger partial charge in [-0.1, -0.05) is 11.6 Å². The number of carbonyl (C=O) groups excluding carboxylic acids is 2. The van der Waals surface area contributed by atoms with Crippen molar-refractivity contribution in [3.63, 3.8) is 0 Å². The highest BCUT2D eigenvalue weighted by Gasteiger charge is 2.21. The van der Waals surface area contributed by atoms with E-state index >= 15 is 0 Å². The maximum atomic E-state index is 14.5. The first-order valence-electron chi connectivity index (χ1n) is 8.56. The van der Waals surface area contributed by atoms with E-state index in [1.807, 2.05) is 0 Å². The third-order valence-corrected chi connectivity index (χ3v) is 5.29. The fraction of sp³-hybridized carbons (Fsp3) is 0.222. The molecule has 1 aliphatic heterocycles. The molecule has 8 nitrogen and oxygen atoms in total. The number of nitrogens with two attached hydrogens (primary N) is 2. The molecule has 1 aliphatic rings. The van der Waals surface area contributed by atoms with Crippen LogP contribution in [0, 0.1) is 5.82 Å². The highest BCUT2D eigenvalue weighted by Crippen LogP contribution is 2.25. The quantitative estimate of drug-likeness (QED) is 0.467. The molecule has 0 spiro atoms. The molecule has 1 fully saturated rings. The Hall–Kier alpha value is -2.66. The number of ether oxygens (including phenoxy) is 1. The van der Waals surface area contributed by atoms with Crippen LogP contribution in [-0.2, 0) is 9.53 Å². The molecule has 154 valence electrons. The molecule has 2 aromatic rings. The molecule has 1 aromatic carbocycles. The summed E-state index contributed by atoms with van der Waals surface area (Å²) in [6.07, 6.45) is 1.31. The number of morpholine rings is 1. The van der Waals surface area contributed by atoms with Gasteiger partial charge in [0.25, 0.3) is 11.8 Å². The Kier molecular flexibility index (Phi) is 6.70. The normalized spacial score (nSPS) is 14.8. The molecule has 0 aliphatic carbocycles. The van der Waals surface area contributed by atoms with Crippen LogP contribution in [0.3, 0.4) is 0 Å². The van der Waals surface area contributed by atoms with Crippen molar-refractivity contribution in [2.24, 2.45) is 11.6 Å². The molecule has 5 N–H and O–H groups in total. The van der Waals surface area contributed by atoms with Crippen LogP contribution in [0.1, 0.15) is 9.67 Å². The summed E-state index contributed by atoms with van der Waals surface area (Å²) in [5, 5.41) is 3.65. The van der Waals surface area contributed by atoms with Crippen LogP contribution in [0.15, 0.2) is 42.2 Å². The van der Waals surface area contributed by atoms with E-state index in [0.717, 1.165) is 16.3 Å². The van der Waals surface area contributed by atoms with E-state index < -0.39 is 5.82 Å². The zero-order chi connectivity index (χ0) is 21.0. The van der Waals surface area contributed by atoms with Crippen molar-refractivity contribution >= 4 is 46.1 Å². The average molecular weight is 440 g/mol. The third-order valence-electron chi connectivity index (χ3n) is 4.06. The van der Waals surface area contributed by atoms with Crippen molar-refractivity contribution in [3.05, 3.63) is 57.3 Å². The standard InChI is InChI=1S/C18H19ClFN5O3S/c19-16-4-3-15(29-16)18(27)23-8-11(21)9-25(22)14-2-1-12(7-13(14)20)24-5-6-28-10-17(24)26/h1-4,7,9H,5-6,8,10,21-22H2,(H,23,27)/b11-9-. The van der Waals surface area contributed by atoms with Crippen molar-refractivity contribution in [2.75, 3.05) is 36.2 Å². The minimum Gasteiger partial charge on any atom is -0.399 e. The molecule has 2 heterocycles. The lowest BCUT2D eigenvalue weighted by atomic mass is 10.2. The van der Waals surface area contributed by atoms with Gasteiger partial charge in [-0.2, -0.15) is 0 Å². The van der Waals surface area contributed by atoms with Gasteiger partial charge in [0.2, 0.25) is 0 Å². The topological polar surface area (TPSA) is 114 Å². The van der Waals surface area contributed by atoms with E-state index in [9.17, 15) is 14.0 Å². The molecule has 29 heavy (non-hydrogen) atoms. The summed E-state index contributed by atoms with van der Waals surface area (Å²) < 4.78 is 20.1. The number of halogens is 2. The lowest BCUT2D eigenvalue weighted by Crippen LogP contribution is -2.41. The SMILES string of the molecule is N/C(=C\N(N)c1ccc(N2CCOCC2=O)cc1F)CNC(=O)c1ccc(Cl)s1. The van der Waals surface area contributed by atoms with E-state index in [1.54, 1.807) is 18.2 Å².